The van der Waals surface area contributed by atoms with Crippen LogP contribution < -0.4 is 16.0 Å². The molecule has 0 unspecified atom stereocenters. The van der Waals surface area contributed by atoms with Crippen LogP contribution in [-0.2, 0) is 11.2 Å². The van der Waals surface area contributed by atoms with E-state index in [9.17, 15) is 0 Å². The molecule has 2 aromatic heterocycles. The summed E-state index contributed by atoms with van der Waals surface area (Å²) >= 11 is 0. The lowest BCUT2D eigenvalue weighted by Crippen LogP contribution is -2.37. The number of ether oxygens (including phenoxy) is 1. The van der Waals surface area contributed by atoms with Gasteiger partial charge in [0.2, 0.25) is 11.9 Å². The van der Waals surface area contributed by atoms with E-state index in [1.54, 1.807) is 12.4 Å². The van der Waals surface area contributed by atoms with Gasteiger partial charge in [0, 0.05) is 43.3 Å². The van der Waals surface area contributed by atoms with Crippen LogP contribution in [0.2, 0.25) is 0 Å². The SMILES string of the molecule is Nc1ccc(-c2nc(NCCc3ccncc3)nc(N3CCOCC3)n2)cc1. The number of morpholine rings is 1. The van der Waals surface area contributed by atoms with E-state index < -0.39 is 0 Å². The summed E-state index contributed by atoms with van der Waals surface area (Å²) in [7, 11) is 0. The van der Waals surface area contributed by atoms with Crippen LogP contribution in [0.3, 0.4) is 0 Å². The summed E-state index contributed by atoms with van der Waals surface area (Å²) in [5.74, 6) is 1.86. The predicted octanol–water partition coefficient (Wildman–Crippen LogP) is 2.01. The second-order valence-corrected chi connectivity index (χ2v) is 6.54. The minimum atomic E-state index is 0.567. The van der Waals surface area contributed by atoms with Gasteiger partial charge in [-0.3, -0.25) is 4.98 Å². The maximum absolute atomic E-state index is 5.81. The number of hydrogen-bond donors (Lipinski definition) is 2. The highest BCUT2D eigenvalue weighted by atomic mass is 16.5. The highest BCUT2D eigenvalue weighted by Gasteiger charge is 2.17. The smallest absolute Gasteiger partial charge is 0.230 e. The molecule has 1 saturated heterocycles. The van der Waals surface area contributed by atoms with Gasteiger partial charge in [0.15, 0.2) is 5.82 Å². The van der Waals surface area contributed by atoms with Crippen molar-refractivity contribution in [1.29, 1.82) is 0 Å². The number of nitrogens with one attached hydrogen (secondary N) is 1. The fraction of sp³-hybridized carbons (Fsp3) is 0.300. The lowest BCUT2D eigenvalue weighted by atomic mass is 10.2. The Morgan fingerprint density at radius 3 is 2.46 bits per heavy atom. The van der Waals surface area contributed by atoms with Crippen LogP contribution in [0.5, 0.6) is 0 Å². The molecule has 1 aliphatic rings. The van der Waals surface area contributed by atoms with Crippen molar-refractivity contribution >= 4 is 17.6 Å². The molecule has 0 aliphatic carbocycles. The highest BCUT2D eigenvalue weighted by Crippen LogP contribution is 2.21. The van der Waals surface area contributed by atoms with Crippen LogP contribution in [0.1, 0.15) is 5.56 Å². The zero-order valence-corrected chi connectivity index (χ0v) is 15.6. The van der Waals surface area contributed by atoms with E-state index >= 15 is 0 Å². The monoisotopic (exact) mass is 377 g/mol. The van der Waals surface area contributed by atoms with Gasteiger partial charge in [0.25, 0.3) is 0 Å². The summed E-state index contributed by atoms with van der Waals surface area (Å²) in [6, 6.07) is 11.6. The number of benzene rings is 1. The van der Waals surface area contributed by atoms with Gasteiger partial charge >= 0.3 is 0 Å². The molecule has 1 fully saturated rings. The zero-order chi connectivity index (χ0) is 19.2. The summed E-state index contributed by atoms with van der Waals surface area (Å²) in [5.41, 5.74) is 8.64. The molecule has 1 aliphatic heterocycles. The third-order valence-corrected chi connectivity index (χ3v) is 4.53. The van der Waals surface area contributed by atoms with Crippen LogP contribution in [-0.4, -0.2) is 52.8 Å². The Balaban J connectivity index is 1.56. The van der Waals surface area contributed by atoms with Gasteiger partial charge in [-0.2, -0.15) is 15.0 Å². The summed E-state index contributed by atoms with van der Waals surface area (Å²) in [6.07, 6.45) is 4.46. The molecule has 1 aromatic carbocycles. The quantitative estimate of drug-likeness (QED) is 0.629. The average Bonchev–Trinajstić information content (AvgIpc) is 2.75. The first-order chi connectivity index (χ1) is 13.8. The summed E-state index contributed by atoms with van der Waals surface area (Å²) in [6.45, 7) is 3.60. The molecule has 28 heavy (non-hydrogen) atoms. The van der Waals surface area contributed by atoms with Crippen LogP contribution in [0, 0.1) is 0 Å². The molecule has 0 spiro atoms. The first-order valence-corrected chi connectivity index (χ1v) is 9.35. The van der Waals surface area contributed by atoms with Gasteiger partial charge in [-0.05, 0) is 48.4 Å². The van der Waals surface area contributed by atoms with Crippen LogP contribution in [0.4, 0.5) is 17.6 Å². The maximum Gasteiger partial charge on any atom is 0.230 e. The highest BCUT2D eigenvalue weighted by molar-refractivity contribution is 5.61. The number of hydrogen-bond acceptors (Lipinski definition) is 8. The molecule has 3 N–H and O–H groups in total. The van der Waals surface area contributed by atoms with Gasteiger partial charge in [0.1, 0.15) is 0 Å². The first-order valence-electron chi connectivity index (χ1n) is 9.35. The molecule has 8 heteroatoms. The zero-order valence-electron chi connectivity index (χ0n) is 15.6. The van der Waals surface area contributed by atoms with Crippen LogP contribution in [0.25, 0.3) is 11.4 Å². The van der Waals surface area contributed by atoms with E-state index in [-0.39, 0.29) is 0 Å². The average molecular weight is 377 g/mol. The van der Waals surface area contributed by atoms with E-state index in [1.165, 1.54) is 5.56 Å². The Bertz CT molecular complexity index is 896. The van der Waals surface area contributed by atoms with E-state index in [1.807, 2.05) is 36.4 Å². The number of nitrogens with zero attached hydrogens (tertiary/aromatic N) is 5. The number of nitrogens with two attached hydrogens (primary N) is 1. The topological polar surface area (TPSA) is 102 Å². The Labute approximate surface area is 163 Å². The van der Waals surface area contributed by atoms with E-state index in [2.05, 4.69) is 30.2 Å². The number of nitrogen functional groups attached to an aromatic ring is 1. The van der Waals surface area contributed by atoms with Gasteiger partial charge in [-0.1, -0.05) is 0 Å². The Morgan fingerprint density at radius 2 is 1.71 bits per heavy atom. The van der Waals surface area contributed by atoms with Crippen molar-refractivity contribution in [2.24, 2.45) is 0 Å². The molecule has 0 radical (unpaired) electrons. The number of pyridine rings is 1. The predicted molar refractivity (Wildman–Crippen MR) is 109 cm³/mol. The molecule has 3 aromatic rings. The molecular weight excluding hydrogens is 354 g/mol. The minimum Gasteiger partial charge on any atom is -0.399 e. The number of rotatable bonds is 6. The van der Waals surface area contributed by atoms with Crippen molar-refractivity contribution in [2.45, 2.75) is 6.42 Å². The minimum absolute atomic E-state index is 0.567. The van der Waals surface area contributed by atoms with Gasteiger partial charge < -0.3 is 20.7 Å². The Kier molecular flexibility index (Phi) is 5.58. The standard InChI is InChI=1S/C20H23N7O/c21-17-3-1-16(2-4-17)18-24-19(23-10-7-15-5-8-22-9-6-15)26-20(25-18)27-11-13-28-14-12-27/h1-6,8-9H,7,10-14,21H2,(H,23,24,25,26). The van der Waals surface area contributed by atoms with Crippen molar-refractivity contribution in [3.8, 4) is 11.4 Å². The van der Waals surface area contributed by atoms with Gasteiger partial charge in [-0.15, -0.1) is 0 Å². The molecule has 4 rings (SSSR count). The normalized spacial score (nSPS) is 14.1. The second kappa shape index (κ2) is 8.62. The van der Waals surface area contributed by atoms with Crippen LogP contribution >= 0.6 is 0 Å². The third kappa shape index (κ3) is 4.52. The lowest BCUT2D eigenvalue weighted by Gasteiger charge is -2.27. The molecule has 0 saturated carbocycles. The van der Waals surface area contributed by atoms with Gasteiger partial charge in [0.05, 0.1) is 13.2 Å². The Morgan fingerprint density at radius 1 is 0.964 bits per heavy atom. The van der Waals surface area contributed by atoms with Crippen LogP contribution in [0.15, 0.2) is 48.8 Å². The van der Waals surface area contributed by atoms with Crippen molar-refractivity contribution < 1.29 is 4.74 Å². The molecule has 0 bridgehead atoms. The van der Waals surface area contributed by atoms with Crippen molar-refractivity contribution in [3.63, 3.8) is 0 Å². The Hall–Kier alpha value is -3.26. The summed E-state index contributed by atoms with van der Waals surface area (Å²) in [5, 5.41) is 3.33. The summed E-state index contributed by atoms with van der Waals surface area (Å²) < 4.78 is 5.45. The first kappa shape index (κ1) is 18.1. The molecule has 3 heterocycles. The molecule has 144 valence electrons. The number of aromatic nitrogens is 4. The fourth-order valence-electron chi connectivity index (χ4n) is 2.98. The molecular formula is C20H23N7O. The summed E-state index contributed by atoms with van der Waals surface area (Å²) in [4.78, 5) is 20.1. The van der Waals surface area contributed by atoms with Crippen molar-refractivity contribution in [3.05, 3.63) is 54.4 Å². The van der Waals surface area contributed by atoms with E-state index in [4.69, 9.17) is 10.5 Å². The van der Waals surface area contributed by atoms with Gasteiger partial charge in [-0.25, -0.2) is 0 Å². The third-order valence-electron chi connectivity index (χ3n) is 4.53. The van der Waals surface area contributed by atoms with E-state index in [0.29, 0.717) is 36.6 Å². The van der Waals surface area contributed by atoms with Crippen molar-refractivity contribution in [2.75, 3.05) is 48.8 Å². The molecule has 0 amide bonds. The fourth-order valence-corrected chi connectivity index (χ4v) is 2.98. The molecule has 0 atom stereocenters. The largest absolute Gasteiger partial charge is 0.399 e. The number of anilines is 3. The lowest BCUT2D eigenvalue weighted by molar-refractivity contribution is 0.122. The van der Waals surface area contributed by atoms with E-state index in [0.717, 1.165) is 31.6 Å². The molecule has 8 nitrogen and oxygen atoms in total. The second-order valence-electron chi connectivity index (χ2n) is 6.54. The maximum atomic E-state index is 5.81. The van der Waals surface area contributed by atoms with Crippen molar-refractivity contribution in [1.82, 2.24) is 19.9 Å².